The first-order chi connectivity index (χ1) is 8.16. The van der Waals surface area contributed by atoms with Gasteiger partial charge in [0.05, 0.1) is 10.5 Å². The maximum Gasteiger partial charge on any atom is 0.324 e. The molecule has 1 saturated heterocycles. The minimum absolute atomic E-state index is 0.00285. The SMILES string of the molecule is O=C(N[C@H]1CCCNC1)c1csc([N+](=O)[O-])c1. The quantitative estimate of drug-likeness (QED) is 0.626. The van der Waals surface area contributed by atoms with Crippen LogP contribution in [0.5, 0.6) is 0 Å². The van der Waals surface area contributed by atoms with Gasteiger partial charge in [0, 0.05) is 24.0 Å². The highest BCUT2D eigenvalue weighted by molar-refractivity contribution is 7.13. The molecule has 0 aromatic carbocycles. The van der Waals surface area contributed by atoms with Crippen LogP contribution in [0.1, 0.15) is 23.2 Å². The van der Waals surface area contributed by atoms with Gasteiger partial charge in [0.2, 0.25) is 0 Å². The number of rotatable bonds is 3. The Morgan fingerprint density at radius 3 is 3.06 bits per heavy atom. The maximum absolute atomic E-state index is 11.8. The fourth-order valence-electron chi connectivity index (χ4n) is 1.78. The van der Waals surface area contributed by atoms with Crippen molar-refractivity contribution in [1.82, 2.24) is 10.6 Å². The summed E-state index contributed by atoms with van der Waals surface area (Å²) >= 11 is 0.972. The lowest BCUT2D eigenvalue weighted by molar-refractivity contribution is -0.380. The number of nitrogens with zero attached hydrogens (tertiary/aromatic N) is 1. The molecule has 0 saturated carbocycles. The van der Waals surface area contributed by atoms with Crippen molar-refractivity contribution in [3.8, 4) is 0 Å². The van der Waals surface area contributed by atoms with Gasteiger partial charge in [0.15, 0.2) is 0 Å². The first kappa shape index (κ1) is 12.0. The van der Waals surface area contributed by atoms with Crippen LogP contribution in [0.2, 0.25) is 0 Å². The molecule has 1 atom stereocenters. The molecule has 0 unspecified atom stereocenters. The molecule has 1 amide bonds. The molecular formula is C10H13N3O3S. The second-order valence-electron chi connectivity index (χ2n) is 3.95. The predicted octanol–water partition coefficient (Wildman–Crippen LogP) is 1.14. The van der Waals surface area contributed by atoms with Crippen LogP contribution in [0.15, 0.2) is 11.4 Å². The molecule has 92 valence electrons. The molecule has 2 heterocycles. The third-order valence-corrected chi connectivity index (χ3v) is 3.54. The molecule has 0 spiro atoms. The van der Waals surface area contributed by atoms with Crippen LogP contribution in [0.4, 0.5) is 5.00 Å². The first-order valence-electron chi connectivity index (χ1n) is 5.41. The fraction of sp³-hybridized carbons (Fsp3) is 0.500. The zero-order chi connectivity index (χ0) is 12.3. The number of thiophene rings is 1. The average Bonchev–Trinajstić information content (AvgIpc) is 2.79. The molecule has 1 fully saturated rings. The molecular weight excluding hydrogens is 242 g/mol. The molecule has 1 aliphatic heterocycles. The van der Waals surface area contributed by atoms with Crippen molar-refractivity contribution in [2.45, 2.75) is 18.9 Å². The maximum atomic E-state index is 11.8. The number of carbonyl (C=O) groups excluding carboxylic acids is 1. The van der Waals surface area contributed by atoms with E-state index in [2.05, 4.69) is 10.6 Å². The van der Waals surface area contributed by atoms with Crippen molar-refractivity contribution in [1.29, 1.82) is 0 Å². The van der Waals surface area contributed by atoms with E-state index in [0.29, 0.717) is 5.56 Å². The number of amides is 1. The summed E-state index contributed by atoms with van der Waals surface area (Å²) in [6.45, 7) is 1.74. The van der Waals surface area contributed by atoms with Gasteiger partial charge in [0.25, 0.3) is 5.91 Å². The van der Waals surface area contributed by atoms with Crippen LogP contribution in [-0.4, -0.2) is 30.0 Å². The Kier molecular flexibility index (Phi) is 3.70. The van der Waals surface area contributed by atoms with E-state index < -0.39 is 4.92 Å². The van der Waals surface area contributed by atoms with Gasteiger partial charge in [0.1, 0.15) is 0 Å². The monoisotopic (exact) mass is 255 g/mol. The van der Waals surface area contributed by atoms with E-state index >= 15 is 0 Å². The van der Waals surface area contributed by atoms with Crippen molar-refractivity contribution in [3.63, 3.8) is 0 Å². The van der Waals surface area contributed by atoms with Gasteiger partial charge in [-0.2, -0.15) is 0 Å². The molecule has 17 heavy (non-hydrogen) atoms. The Bertz CT molecular complexity index is 426. The molecule has 2 rings (SSSR count). The Morgan fingerprint density at radius 2 is 2.47 bits per heavy atom. The van der Waals surface area contributed by atoms with E-state index in [4.69, 9.17) is 0 Å². The van der Waals surface area contributed by atoms with Gasteiger partial charge in [-0.15, -0.1) is 0 Å². The van der Waals surface area contributed by atoms with Crippen LogP contribution in [0.3, 0.4) is 0 Å². The highest BCUT2D eigenvalue weighted by Crippen LogP contribution is 2.22. The standard InChI is InChI=1S/C10H13N3O3S/c14-10(12-8-2-1-3-11-5-8)7-4-9(13(15)16)17-6-7/h4,6,8,11H,1-3,5H2,(H,12,14)/t8-/m0/s1. The van der Waals surface area contributed by atoms with Crippen molar-refractivity contribution in [2.24, 2.45) is 0 Å². The van der Waals surface area contributed by atoms with E-state index in [1.54, 1.807) is 0 Å². The fourth-order valence-corrected chi connectivity index (χ4v) is 2.49. The summed E-state index contributed by atoms with van der Waals surface area (Å²) in [4.78, 5) is 21.8. The second kappa shape index (κ2) is 5.24. The van der Waals surface area contributed by atoms with Gasteiger partial charge in [-0.05, 0) is 19.4 Å². The summed E-state index contributed by atoms with van der Waals surface area (Å²) in [6.07, 6.45) is 1.99. The van der Waals surface area contributed by atoms with Crippen molar-refractivity contribution in [3.05, 3.63) is 27.1 Å². The van der Waals surface area contributed by atoms with Crippen LogP contribution in [0.25, 0.3) is 0 Å². The normalized spacial score (nSPS) is 19.9. The zero-order valence-electron chi connectivity index (χ0n) is 9.14. The summed E-state index contributed by atoms with van der Waals surface area (Å²) in [5.74, 6) is -0.233. The smallest absolute Gasteiger partial charge is 0.324 e. The molecule has 0 radical (unpaired) electrons. The first-order valence-corrected chi connectivity index (χ1v) is 6.29. The third kappa shape index (κ3) is 3.01. The van der Waals surface area contributed by atoms with Gasteiger partial charge >= 0.3 is 5.00 Å². The van der Waals surface area contributed by atoms with Crippen molar-refractivity contribution in [2.75, 3.05) is 13.1 Å². The summed E-state index contributed by atoms with van der Waals surface area (Å²) in [7, 11) is 0. The Labute approximate surface area is 102 Å². The van der Waals surface area contributed by atoms with Gasteiger partial charge in [-0.3, -0.25) is 14.9 Å². The van der Waals surface area contributed by atoms with Crippen LogP contribution in [-0.2, 0) is 0 Å². The van der Waals surface area contributed by atoms with Crippen LogP contribution >= 0.6 is 11.3 Å². The Morgan fingerprint density at radius 1 is 1.65 bits per heavy atom. The molecule has 1 aromatic heterocycles. The number of carbonyl (C=O) groups is 1. The average molecular weight is 255 g/mol. The Balaban J connectivity index is 1.96. The number of hydrogen-bond donors (Lipinski definition) is 2. The number of nitrogens with one attached hydrogen (secondary N) is 2. The van der Waals surface area contributed by atoms with Gasteiger partial charge in [-0.25, -0.2) is 0 Å². The lowest BCUT2D eigenvalue weighted by atomic mass is 10.1. The summed E-state index contributed by atoms with van der Waals surface area (Å²) in [5.41, 5.74) is 0.368. The van der Waals surface area contributed by atoms with Gasteiger partial charge in [-0.1, -0.05) is 11.3 Å². The van der Waals surface area contributed by atoms with Crippen LogP contribution in [0, 0.1) is 10.1 Å². The molecule has 1 aliphatic rings. The molecule has 7 heteroatoms. The molecule has 6 nitrogen and oxygen atoms in total. The third-order valence-electron chi connectivity index (χ3n) is 2.66. The lowest BCUT2D eigenvalue weighted by Crippen LogP contribution is -2.45. The molecule has 0 aliphatic carbocycles. The Hall–Kier alpha value is -1.47. The summed E-state index contributed by atoms with van der Waals surface area (Å²) in [6, 6.07) is 1.44. The molecule has 1 aromatic rings. The van der Waals surface area contributed by atoms with Gasteiger partial charge < -0.3 is 10.6 Å². The van der Waals surface area contributed by atoms with E-state index in [1.165, 1.54) is 11.4 Å². The molecule has 2 N–H and O–H groups in total. The topological polar surface area (TPSA) is 84.3 Å². The lowest BCUT2D eigenvalue weighted by Gasteiger charge is -2.23. The van der Waals surface area contributed by atoms with Crippen molar-refractivity contribution >= 4 is 22.2 Å². The zero-order valence-corrected chi connectivity index (χ0v) is 9.96. The largest absolute Gasteiger partial charge is 0.348 e. The minimum atomic E-state index is -0.483. The highest BCUT2D eigenvalue weighted by atomic mass is 32.1. The van der Waals surface area contributed by atoms with E-state index in [-0.39, 0.29) is 17.0 Å². The summed E-state index contributed by atoms with van der Waals surface area (Å²) < 4.78 is 0. The second-order valence-corrected chi connectivity index (χ2v) is 4.84. The predicted molar refractivity (Wildman–Crippen MR) is 64.3 cm³/mol. The number of nitro groups is 1. The number of hydrogen-bond acceptors (Lipinski definition) is 5. The van der Waals surface area contributed by atoms with E-state index in [9.17, 15) is 14.9 Å². The molecule has 0 bridgehead atoms. The van der Waals surface area contributed by atoms with E-state index in [0.717, 1.165) is 37.3 Å². The van der Waals surface area contributed by atoms with E-state index in [1.807, 2.05) is 0 Å². The highest BCUT2D eigenvalue weighted by Gasteiger charge is 2.19. The minimum Gasteiger partial charge on any atom is -0.348 e. The van der Waals surface area contributed by atoms with Crippen molar-refractivity contribution < 1.29 is 9.72 Å². The summed E-state index contributed by atoms with van der Waals surface area (Å²) in [5, 5.41) is 18.1. The van der Waals surface area contributed by atoms with Crippen LogP contribution < -0.4 is 10.6 Å². The number of piperidine rings is 1.